The molecule has 1 atom stereocenters. The summed E-state index contributed by atoms with van der Waals surface area (Å²) in [6.45, 7) is 3.88. The van der Waals surface area contributed by atoms with Crippen molar-refractivity contribution in [2.75, 3.05) is 6.54 Å². The lowest BCUT2D eigenvalue weighted by Gasteiger charge is -2.32. The molecule has 2 rings (SSSR count). The largest absolute Gasteiger partial charge is 0.472 e. The predicted molar refractivity (Wildman–Crippen MR) is 52.8 cm³/mol. The van der Waals surface area contributed by atoms with Crippen LogP contribution in [0.25, 0.3) is 0 Å². The Morgan fingerprint density at radius 2 is 2.50 bits per heavy atom. The standard InChI is InChI=1S/C11H15NO2/c1-9-6-11(13)2-4-12(9)7-10-3-5-14-8-10/h3,5,8-9H,2,4,6-7H2,1H3. The highest BCUT2D eigenvalue weighted by molar-refractivity contribution is 5.79. The summed E-state index contributed by atoms with van der Waals surface area (Å²) in [6, 6.07) is 2.34. The lowest BCUT2D eigenvalue weighted by molar-refractivity contribution is -0.123. The number of carbonyl (C=O) groups excluding carboxylic acids is 1. The summed E-state index contributed by atoms with van der Waals surface area (Å²) in [5.74, 6) is 0.390. The van der Waals surface area contributed by atoms with Crippen LogP contribution in [0.15, 0.2) is 23.0 Å². The van der Waals surface area contributed by atoms with Gasteiger partial charge in [0.05, 0.1) is 12.5 Å². The van der Waals surface area contributed by atoms with E-state index in [1.54, 1.807) is 12.5 Å². The Labute approximate surface area is 83.7 Å². The van der Waals surface area contributed by atoms with Crippen LogP contribution in [-0.2, 0) is 11.3 Å². The summed E-state index contributed by atoms with van der Waals surface area (Å²) in [4.78, 5) is 13.5. The lowest BCUT2D eigenvalue weighted by Crippen LogP contribution is -2.40. The van der Waals surface area contributed by atoms with Crippen LogP contribution in [0.5, 0.6) is 0 Å². The fraction of sp³-hybridized carbons (Fsp3) is 0.545. The van der Waals surface area contributed by atoms with E-state index >= 15 is 0 Å². The van der Waals surface area contributed by atoms with Crippen LogP contribution in [0.1, 0.15) is 25.3 Å². The number of rotatable bonds is 2. The molecule has 0 amide bonds. The average Bonchev–Trinajstić information content (AvgIpc) is 2.62. The molecule has 1 aromatic rings. The van der Waals surface area contributed by atoms with Gasteiger partial charge in [-0.1, -0.05) is 0 Å². The lowest BCUT2D eigenvalue weighted by atomic mass is 10.0. The van der Waals surface area contributed by atoms with Gasteiger partial charge < -0.3 is 4.42 Å². The molecular formula is C11H15NO2. The van der Waals surface area contributed by atoms with Crippen LogP contribution in [0.4, 0.5) is 0 Å². The van der Waals surface area contributed by atoms with E-state index < -0.39 is 0 Å². The molecule has 2 heterocycles. The highest BCUT2D eigenvalue weighted by atomic mass is 16.3. The molecule has 1 fully saturated rings. The third kappa shape index (κ3) is 2.04. The van der Waals surface area contributed by atoms with Gasteiger partial charge in [0.2, 0.25) is 0 Å². The van der Waals surface area contributed by atoms with Crippen molar-refractivity contribution in [2.24, 2.45) is 0 Å². The summed E-state index contributed by atoms with van der Waals surface area (Å²) in [6.07, 6.45) is 4.85. The Bertz CT molecular complexity index is 305. The van der Waals surface area contributed by atoms with Crippen LogP contribution in [0.2, 0.25) is 0 Å². The minimum Gasteiger partial charge on any atom is -0.472 e. The zero-order chi connectivity index (χ0) is 9.97. The van der Waals surface area contributed by atoms with E-state index in [0.29, 0.717) is 24.7 Å². The molecule has 3 nitrogen and oxygen atoms in total. The second-order valence-corrected chi connectivity index (χ2v) is 3.94. The molecule has 0 N–H and O–H groups in total. The quantitative estimate of drug-likeness (QED) is 0.718. The van der Waals surface area contributed by atoms with Crippen molar-refractivity contribution in [1.82, 2.24) is 4.90 Å². The number of piperidine rings is 1. The molecule has 1 unspecified atom stereocenters. The Morgan fingerprint density at radius 3 is 3.14 bits per heavy atom. The van der Waals surface area contributed by atoms with Crippen LogP contribution < -0.4 is 0 Å². The van der Waals surface area contributed by atoms with E-state index in [1.165, 1.54) is 5.56 Å². The molecule has 0 saturated carbocycles. The Kier molecular flexibility index (Phi) is 2.68. The summed E-state index contributed by atoms with van der Waals surface area (Å²) >= 11 is 0. The molecule has 76 valence electrons. The van der Waals surface area contributed by atoms with Gasteiger partial charge in [-0.3, -0.25) is 9.69 Å². The number of furan rings is 1. The third-order valence-electron chi connectivity index (χ3n) is 2.79. The summed E-state index contributed by atoms with van der Waals surface area (Å²) in [5, 5.41) is 0. The van der Waals surface area contributed by atoms with Gasteiger partial charge in [0.25, 0.3) is 0 Å². The second-order valence-electron chi connectivity index (χ2n) is 3.94. The first-order chi connectivity index (χ1) is 6.75. The summed E-state index contributed by atoms with van der Waals surface area (Å²) in [5.41, 5.74) is 1.19. The maximum absolute atomic E-state index is 11.2. The topological polar surface area (TPSA) is 33.5 Å². The number of hydrogen-bond acceptors (Lipinski definition) is 3. The maximum atomic E-state index is 11.2. The van der Waals surface area contributed by atoms with Crippen molar-refractivity contribution in [3.8, 4) is 0 Å². The van der Waals surface area contributed by atoms with E-state index in [1.807, 2.05) is 6.07 Å². The molecule has 14 heavy (non-hydrogen) atoms. The van der Waals surface area contributed by atoms with Gasteiger partial charge in [0, 0.05) is 37.5 Å². The predicted octanol–water partition coefficient (Wildman–Crippen LogP) is 1.83. The number of nitrogens with zero attached hydrogens (tertiary/aromatic N) is 1. The Morgan fingerprint density at radius 1 is 1.64 bits per heavy atom. The highest BCUT2D eigenvalue weighted by Gasteiger charge is 2.23. The van der Waals surface area contributed by atoms with E-state index in [9.17, 15) is 4.79 Å². The summed E-state index contributed by atoms with van der Waals surface area (Å²) < 4.78 is 5.02. The minimum atomic E-state index is 0.367. The maximum Gasteiger partial charge on any atom is 0.135 e. The molecule has 0 aromatic carbocycles. The monoisotopic (exact) mass is 193 g/mol. The zero-order valence-corrected chi connectivity index (χ0v) is 8.40. The SMILES string of the molecule is CC1CC(=O)CCN1Cc1ccoc1. The number of carbonyl (C=O) groups is 1. The molecule has 0 bridgehead atoms. The molecule has 1 aliphatic rings. The molecule has 0 radical (unpaired) electrons. The first kappa shape index (κ1) is 9.46. The number of hydrogen-bond donors (Lipinski definition) is 0. The number of likely N-dealkylation sites (tertiary alicyclic amines) is 1. The van der Waals surface area contributed by atoms with Crippen molar-refractivity contribution in [1.29, 1.82) is 0 Å². The fourth-order valence-corrected chi connectivity index (χ4v) is 1.90. The number of ketones is 1. The number of Topliss-reactive ketones (excluding diaryl/α,β-unsaturated/α-hetero) is 1. The smallest absolute Gasteiger partial charge is 0.135 e. The van der Waals surface area contributed by atoms with Crippen LogP contribution in [0, 0.1) is 0 Å². The molecule has 1 aromatic heterocycles. The molecular weight excluding hydrogens is 178 g/mol. The molecule has 3 heteroatoms. The van der Waals surface area contributed by atoms with Gasteiger partial charge in [-0.2, -0.15) is 0 Å². The van der Waals surface area contributed by atoms with E-state index in [-0.39, 0.29) is 0 Å². The normalized spacial score (nSPS) is 24.1. The van der Waals surface area contributed by atoms with E-state index in [0.717, 1.165) is 13.1 Å². The van der Waals surface area contributed by atoms with E-state index in [4.69, 9.17) is 4.42 Å². The molecule has 0 aliphatic carbocycles. The van der Waals surface area contributed by atoms with Crippen LogP contribution in [0.3, 0.4) is 0 Å². The van der Waals surface area contributed by atoms with Crippen molar-refractivity contribution >= 4 is 5.78 Å². The van der Waals surface area contributed by atoms with Crippen LogP contribution in [-0.4, -0.2) is 23.3 Å². The van der Waals surface area contributed by atoms with Crippen molar-refractivity contribution in [3.05, 3.63) is 24.2 Å². The van der Waals surface area contributed by atoms with Gasteiger partial charge in [-0.25, -0.2) is 0 Å². The summed E-state index contributed by atoms with van der Waals surface area (Å²) in [7, 11) is 0. The average molecular weight is 193 g/mol. The minimum absolute atomic E-state index is 0.367. The van der Waals surface area contributed by atoms with Gasteiger partial charge >= 0.3 is 0 Å². The van der Waals surface area contributed by atoms with E-state index in [2.05, 4.69) is 11.8 Å². The molecule has 1 aliphatic heterocycles. The van der Waals surface area contributed by atoms with Crippen LogP contribution >= 0.6 is 0 Å². The van der Waals surface area contributed by atoms with Gasteiger partial charge in [-0.15, -0.1) is 0 Å². The van der Waals surface area contributed by atoms with Gasteiger partial charge in [0.1, 0.15) is 5.78 Å². The first-order valence-corrected chi connectivity index (χ1v) is 5.02. The third-order valence-corrected chi connectivity index (χ3v) is 2.79. The Balaban J connectivity index is 1.95. The van der Waals surface area contributed by atoms with Gasteiger partial charge in [-0.05, 0) is 13.0 Å². The van der Waals surface area contributed by atoms with Gasteiger partial charge in [0.15, 0.2) is 0 Å². The molecule has 0 spiro atoms. The fourth-order valence-electron chi connectivity index (χ4n) is 1.90. The van der Waals surface area contributed by atoms with Crippen molar-refractivity contribution in [2.45, 2.75) is 32.4 Å². The van der Waals surface area contributed by atoms with Crippen molar-refractivity contribution < 1.29 is 9.21 Å². The first-order valence-electron chi connectivity index (χ1n) is 5.02. The zero-order valence-electron chi connectivity index (χ0n) is 8.40. The molecule has 1 saturated heterocycles. The Hall–Kier alpha value is -1.09. The highest BCUT2D eigenvalue weighted by Crippen LogP contribution is 2.17. The second kappa shape index (κ2) is 3.96. The van der Waals surface area contributed by atoms with Crippen molar-refractivity contribution in [3.63, 3.8) is 0 Å².